The first-order valence-corrected chi connectivity index (χ1v) is 7.89. The summed E-state index contributed by atoms with van der Waals surface area (Å²) >= 11 is 0. The van der Waals surface area contributed by atoms with Crippen LogP contribution in [0.1, 0.15) is 51.5 Å². The Morgan fingerprint density at radius 3 is 2.50 bits per heavy atom. The number of hydrogen-bond acceptors (Lipinski definition) is 2. The quantitative estimate of drug-likeness (QED) is 0.813. The van der Waals surface area contributed by atoms with Crippen molar-refractivity contribution in [2.45, 2.75) is 51.5 Å². The fraction of sp³-hybridized carbons (Fsp3) is 0.556. The van der Waals surface area contributed by atoms with Gasteiger partial charge in [-0.25, -0.2) is 0 Å². The number of carboxylic acid groups (broad SMARTS) is 1. The number of carbonyl (C=O) groups is 2. The van der Waals surface area contributed by atoms with Crippen LogP contribution in [-0.4, -0.2) is 22.5 Å². The molecular formula is C18H25NO3. The maximum Gasteiger partial charge on any atom is 0.305 e. The van der Waals surface area contributed by atoms with Gasteiger partial charge in [-0.1, -0.05) is 44.2 Å². The Morgan fingerprint density at radius 1 is 1.32 bits per heavy atom. The number of amides is 1. The van der Waals surface area contributed by atoms with E-state index < -0.39 is 11.5 Å². The van der Waals surface area contributed by atoms with E-state index in [0.717, 1.165) is 6.42 Å². The Balaban J connectivity index is 1.89. The van der Waals surface area contributed by atoms with Crippen molar-refractivity contribution >= 4 is 11.9 Å². The summed E-state index contributed by atoms with van der Waals surface area (Å²) in [5.74, 6) is -0.0111. The number of nitrogens with one attached hydrogen (secondary N) is 1. The van der Waals surface area contributed by atoms with E-state index in [1.165, 1.54) is 5.56 Å². The van der Waals surface area contributed by atoms with Crippen molar-refractivity contribution in [1.29, 1.82) is 0 Å². The van der Waals surface area contributed by atoms with Crippen molar-refractivity contribution in [3.63, 3.8) is 0 Å². The molecule has 2 N–H and O–H groups in total. The van der Waals surface area contributed by atoms with Crippen molar-refractivity contribution in [2.75, 3.05) is 0 Å². The van der Waals surface area contributed by atoms with E-state index in [2.05, 4.69) is 17.4 Å². The predicted octanol–water partition coefficient (Wildman–Crippen LogP) is 3.19. The summed E-state index contributed by atoms with van der Waals surface area (Å²) in [6.45, 7) is 5.69. The Hall–Kier alpha value is -1.84. The molecule has 4 heteroatoms. The zero-order chi connectivity index (χ0) is 16.3. The smallest absolute Gasteiger partial charge is 0.305 e. The minimum atomic E-state index is -0.884. The molecule has 1 aromatic rings. The summed E-state index contributed by atoms with van der Waals surface area (Å²) in [4.78, 5) is 23.3. The summed E-state index contributed by atoms with van der Waals surface area (Å²) in [6, 6.07) is 10.2. The number of rotatable bonds is 7. The molecule has 2 rings (SSSR count). The van der Waals surface area contributed by atoms with Crippen LogP contribution in [0.4, 0.5) is 0 Å². The zero-order valence-electron chi connectivity index (χ0n) is 13.5. The van der Waals surface area contributed by atoms with Crippen LogP contribution in [-0.2, 0) is 9.59 Å². The lowest BCUT2D eigenvalue weighted by molar-refractivity contribution is -0.139. The average molecular weight is 303 g/mol. The summed E-state index contributed by atoms with van der Waals surface area (Å²) in [6.07, 6.45) is 1.46. The molecule has 1 fully saturated rings. The van der Waals surface area contributed by atoms with Gasteiger partial charge in [0.15, 0.2) is 0 Å². The van der Waals surface area contributed by atoms with Crippen LogP contribution >= 0.6 is 0 Å². The first-order valence-electron chi connectivity index (χ1n) is 7.89. The maximum atomic E-state index is 12.3. The first-order chi connectivity index (χ1) is 10.3. The normalized spacial score (nSPS) is 22.9. The van der Waals surface area contributed by atoms with E-state index >= 15 is 0 Å². The van der Waals surface area contributed by atoms with Gasteiger partial charge in [0, 0.05) is 12.0 Å². The highest BCUT2D eigenvalue weighted by molar-refractivity contribution is 5.79. The topological polar surface area (TPSA) is 66.4 Å². The monoisotopic (exact) mass is 303 g/mol. The van der Waals surface area contributed by atoms with Crippen molar-refractivity contribution in [2.24, 2.45) is 11.8 Å². The van der Waals surface area contributed by atoms with E-state index in [9.17, 15) is 9.59 Å². The Kier molecular flexibility index (Phi) is 4.89. The van der Waals surface area contributed by atoms with E-state index in [1.54, 1.807) is 0 Å². The van der Waals surface area contributed by atoms with E-state index in [-0.39, 0.29) is 18.2 Å². The van der Waals surface area contributed by atoms with Crippen molar-refractivity contribution in [3.05, 3.63) is 35.9 Å². The second-order valence-corrected chi connectivity index (χ2v) is 6.91. The van der Waals surface area contributed by atoms with Crippen LogP contribution < -0.4 is 5.32 Å². The van der Waals surface area contributed by atoms with Gasteiger partial charge >= 0.3 is 5.97 Å². The van der Waals surface area contributed by atoms with Crippen LogP contribution in [0.25, 0.3) is 0 Å². The summed E-state index contributed by atoms with van der Waals surface area (Å²) < 4.78 is 0. The molecule has 1 aromatic carbocycles. The highest BCUT2D eigenvalue weighted by Gasteiger charge is 2.41. The van der Waals surface area contributed by atoms with Crippen molar-refractivity contribution in [1.82, 2.24) is 5.32 Å². The highest BCUT2D eigenvalue weighted by atomic mass is 16.4. The number of benzene rings is 1. The molecule has 0 aromatic heterocycles. The summed E-state index contributed by atoms with van der Waals surface area (Å²) in [7, 11) is 0. The third-order valence-electron chi connectivity index (χ3n) is 4.82. The molecule has 1 aliphatic carbocycles. The number of aliphatic carboxylic acids is 1. The molecule has 1 unspecified atom stereocenters. The summed E-state index contributed by atoms with van der Waals surface area (Å²) in [5.41, 5.74) is 0.595. The number of carboxylic acids is 1. The molecule has 0 saturated heterocycles. The van der Waals surface area contributed by atoms with Crippen LogP contribution in [0.3, 0.4) is 0 Å². The zero-order valence-corrected chi connectivity index (χ0v) is 13.5. The largest absolute Gasteiger partial charge is 0.481 e. The summed E-state index contributed by atoms with van der Waals surface area (Å²) in [5, 5.41) is 12.0. The number of carbonyl (C=O) groups excluding carboxylic acids is 1. The van der Waals surface area contributed by atoms with Crippen molar-refractivity contribution in [3.8, 4) is 0 Å². The Bertz CT molecular complexity index is 541. The minimum Gasteiger partial charge on any atom is -0.481 e. The lowest BCUT2D eigenvalue weighted by atomic mass is 9.85. The maximum absolute atomic E-state index is 12.3. The van der Waals surface area contributed by atoms with Crippen LogP contribution in [0.15, 0.2) is 30.3 Å². The minimum absolute atomic E-state index is 0.0409. The van der Waals surface area contributed by atoms with E-state index in [1.807, 2.05) is 39.0 Å². The fourth-order valence-electron chi connectivity index (χ4n) is 2.90. The van der Waals surface area contributed by atoms with Gasteiger partial charge < -0.3 is 10.4 Å². The van der Waals surface area contributed by atoms with Crippen LogP contribution in [0, 0.1) is 11.8 Å². The molecule has 1 aliphatic rings. The highest BCUT2D eigenvalue weighted by Crippen LogP contribution is 2.49. The molecule has 22 heavy (non-hydrogen) atoms. The molecule has 1 amide bonds. The Morgan fingerprint density at radius 2 is 1.95 bits per heavy atom. The van der Waals surface area contributed by atoms with E-state index in [4.69, 9.17) is 5.11 Å². The second-order valence-electron chi connectivity index (χ2n) is 6.91. The molecular weight excluding hydrogens is 278 g/mol. The molecule has 3 atom stereocenters. The van der Waals surface area contributed by atoms with Gasteiger partial charge in [-0.2, -0.15) is 0 Å². The molecule has 0 aliphatic heterocycles. The van der Waals surface area contributed by atoms with Gasteiger partial charge in [0.2, 0.25) is 5.91 Å². The molecule has 0 bridgehead atoms. The average Bonchev–Trinajstić information content (AvgIpc) is 3.17. The molecule has 0 spiro atoms. The predicted molar refractivity (Wildman–Crippen MR) is 85.5 cm³/mol. The third kappa shape index (κ3) is 4.09. The SMILES string of the molecule is CC(C)C(C)(CC(=O)O)NC(=O)C[C@@H]1C[C@H]1c1ccccc1. The molecule has 0 radical (unpaired) electrons. The van der Waals surface area contributed by atoms with Crippen LogP contribution in [0.5, 0.6) is 0 Å². The molecule has 1 saturated carbocycles. The van der Waals surface area contributed by atoms with Gasteiger partial charge in [0.25, 0.3) is 0 Å². The fourth-order valence-corrected chi connectivity index (χ4v) is 2.90. The Labute approximate surface area is 131 Å². The lowest BCUT2D eigenvalue weighted by Gasteiger charge is -2.33. The van der Waals surface area contributed by atoms with Gasteiger partial charge in [-0.15, -0.1) is 0 Å². The van der Waals surface area contributed by atoms with Gasteiger partial charge in [0.05, 0.1) is 6.42 Å². The standard InChI is InChI=1S/C18H25NO3/c1-12(2)18(3,11-17(21)22)19-16(20)10-14-9-15(14)13-7-5-4-6-8-13/h4-8,12,14-15H,9-11H2,1-3H3,(H,19,20)(H,21,22)/t14-,15-,18?/m0/s1. The van der Waals surface area contributed by atoms with Gasteiger partial charge in [-0.05, 0) is 36.7 Å². The van der Waals surface area contributed by atoms with Crippen LogP contribution in [0.2, 0.25) is 0 Å². The van der Waals surface area contributed by atoms with E-state index in [0.29, 0.717) is 18.3 Å². The molecule has 120 valence electrons. The lowest BCUT2D eigenvalue weighted by Crippen LogP contribution is -2.51. The second kappa shape index (κ2) is 6.51. The third-order valence-corrected chi connectivity index (χ3v) is 4.82. The molecule has 4 nitrogen and oxygen atoms in total. The van der Waals surface area contributed by atoms with Gasteiger partial charge in [-0.3, -0.25) is 9.59 Å². The van der Waals surface area contributed by atoms with Gasteiger partial charge in [0.1, 0.15) is 0 Å². The first kappa shape index (κ1) is 16.5. The number of hydrogen-bond donors (Lipinski definition) is 2. The van der Waals surface area contributed by atoms with Crippen molar-refractivity contribution < 1.29 is 14.7 Å². The molecule has 0 heterocycles.